The zero-order chi connectivity index (χ0) is 20.4. The van der Waals surface area contributed by atoms with E-state index in [9.17, 15) is 14.4 Å². The van der Waals surface area contributed by atoms with Gasteiger partial charge in [0.05, 0.1) is 5.69 Å². The summed E-state index contributed by atoms with van der Waals surface area (Å²) in [6.45, 7) is 11.0. The fourth-order valence-corrected chi connectivity index (χ4v) is 2.65. The zero-order valence-corrected chi connectivity index (χ0v) is 17.1. The molecule has 0 bridgehead atoms. The standard InChI is InChI=1S/C19H32N4O4/c1-6-7-10-20-19(26)21-17(24)12-27-18(25)9-8-16-14(4)22-23(15(16)5)11-13(2)3/h13H,6-12H2,1-5H3,(H2,20,21,24,26). The second-order valence-corrected chi connectivity index (χ2v) is 7.04. The molecule has 1 rings (SSSR count). The fraction of sp³-hybridized carbons (Fsp3) is 0.684. The van der Waals surface area contributed by atoms with Crippen molar-refractivity contribution in [3.8, 4) is 0 Å². The summed E-state index contributed by atoms with van der Waals surface area (Å²) in [7, 11) is 0. The van der Waals surface area contributed by atoms with E-state index in [0.29, 0.717) is 18.9 Å². The van der Waals surface area contributed by atoms with Crippen molar-refractivity contribution in [3.63, 3.8) is 0 Å². The van der Waals surface area contributed by atoms with Gasteiger partial charge in [-0.2, -0.15) is 5.10 Å². The summed E-state index contributed by atoms with van der Waals surface area (Å²) in [5, 5.41) is 9.21. The van der Waals surface area contributed by atoms with Crippen LogP contribution in [0.15, 0.2) is 0 Å². The molecular formula is C19H32N4O4. The number of nitrogens with one attached hydrogen (secondary N) is 2. The number of imide groups is 1. The van der Waals surface area contributed by atoms with Gasteiger partial charge in [0, 0.05) is 25.2 Å². The van der Waals surface area contributed by atoms with Crippen LogP contribution in [-0.2, 0) is 27.3 Å². The molecule has 1 heterocycles. The molecule has 0 fully saturated rings. The predicted octanol–water partition coefficient (Wildman–Crippen LogP) is 2.26. The number of hydrogen-bond acceptors (Lipinski definition) is 5. The van der Waals surface area contributed by atoms with Crippen molar-refractivity contribution in [2.24, 2.45) is 5.92 Å². The Morgan fingerprint density at radius 2 is 1.93 bits per heavy atom. The Hall–Kier alpha value is -2.38. The molecule has 0 radical (unpaired) electrons. The molecule has 0 aliphatic rings. The van der Waals surface area contributed by atoms with Gasteiger partial charge in [-0.15, -0.1) is 0 Å². The Balaban J connectivity index is 2.38. The van der Waals surface area contributed by atoms with Crippen LogP contribution in [0.25, 0.3) is 0 Å². The third-order valence-electron chi connectivity index (χ3n) is 4.08. The lowest BCUT2D eigenvalue weighted by Gasteiger charge is -2.08. The molecule has 0 saturated carbocycles. The number of carbonyl (C=O) groups excluding carboxylic acids is 3. The summed E-state index contributed by atoms with van der Waals surface area (Å²) in [6, 6.07) is -0.576. The average Bonchev–Trinajstić information content (AvgIpc) is 2.84. The lowest BCUT2D eigenvalue weighted by Crippen LogP contribution is -2.41. The summed E-state index contributed by atoms with van der Waals surface area (Å²) in [5.74, 6) is -0.639. The predicted molar refractivity (Wildman–Crippen MR) is 102 cm³/mol. The van der Waals surface area contributed by atoms with E-state index in [2.05, 4.69) is 29.6 Å². The van der Waals surface area contributed by atoms with E-state index in [-0.39, 0.29) is 6.42 Å². The number of esters is 1. The van der Waals surface area contributed by atoms with E-state index >= 15 is 0 Å². The molecule has 27 heavy (non-hydrogen) atoms. The molecule has 8 nitrogen and oxygen atoms in total. The van der Waals surface area contributed by atoms with Crippen LogP contribution < -0.4 is 10.6 Å². The molecule has 0 saturated heterocycles. The third-order valence-corrected chi connectivity index (χ3v) is 4.08. The second kappa shape index (κ2) is 11.4. The summed E-state index contributed by atoms with van der Waals surface area (Å²) in [6.07, 6.45) is 2.45. The average molecular weight is 380 g/mol. The minimum Gasteiger partial charge on any atom is -0.456 e. The Kier molecular flexibility index (Phi) is 9.53. The van der Waals surface area contributed by atoms with Crippen LogP contribution >= 0.6 is 0 Å². The smallest absolute Gasteiger partial charge is 0.321 e. The van der Waals surface area contributed by atoms with Gasteiger partial charge >= 0.3 is 12.0 Å². The Labute approximate surface area is 161 Å². The van der Waals surface area contributed by atoms with Gasteiger partial charge in [-0.05, 0) is 38.2 Å². The molecular weight excluding hydrogens is 348 g/mol. The second-order valence-electron chi connectivity index (χ2n) is 7.04. The maximum absolute atomic E-state index is 11.9. The lowest BCUT2D eigenvalue weighted by atomic mass is 10.1. The molecule has 1 aromatic rings. The Bertz CT molecular complexity index is 652. The summed E-state index contributed by atoms with van der Waals surface area (Å²) >= 11 is 0. The van der Waals surface area contributed by atoms with Gasteiger partial charge in [0.25, 0.3) is 5.91 Å². The van der Waals surface area contributed by atoms with E-state index < -0.39 is 24.5 Å². The van der Waals surface area contributed by atoms with Crippen LogP contribution in [0.1, 0.15) is 57.0 Å². The molecule has 0 atom stereocenters. The van der Waals surface area contributed by atoms with Crippen molar-refractivity contribution in [2.75, 3.05) is 13.2 Å². The maximum atomic E-state index is 11.9. The van der Waals surface area contributed by atoms with Crippen LogP contribution in [0, 0.1) is 19.8 Å². The number of rotatable bonds is 10. The molecule has 0 unspecified atom stereocenters. The number of amides is 3. The zero-order valence-electron chi connectivity index (χ0n) is 17.1. The Morgan fingerprint density at radius 1 is 1.22 bits per heavy atom. The normalized spacial score (nSPS) is 10.7. The van der Waals surface area contributed by atoms with Gasteiger partial charge in [0.15, 0.2) is 6.61 Å². The number of carbonyl (C=O) groups is 3. The van der Waals surface area contributed by atoms with Crippen molar-refractivity contribution in [3.05, 3.63) is 17.0 Å². The number of aryl methyl sites for hydroxylation is 1. The van der Waals surface area contributed by atoms with E-state index in [1.807, 2.05) is 25.5 Å². The third kappa shape index (κ3) is 8.23. The fourth-order valence-electron chi connectivity index (χ4n) is 2.65. The van der Waals surface area contributed by atoms with Crippen molar-refractivity contribution < 1.29 is 19.1 Å². The molecule has 8 heteroatoms. The molecule has 3 amide bonds. The van der Waals surface area contributed by atoms with Crippen molar-refractivity contribution in [2.45, 2.75) is 66.8 Å². The highest BCUT2D eigenvalue weighted by molar-refractivity contribution is 5.95. The monoisotopic (exact) mass is 380 g/mol. The van der Waals surface area contributed by atoms with Gasteiger partial charge in [0.2, 0.25) is 0 Å². The minimum atomic E-state index is -0.644. The highest BCUT2D eigenvalue weighted by Gasteiger charge is 2.15. The SMILES string of the molecule is CCCCNC(=O)NC(=O)COC(=O)CCc1c(C)nn(CC(C)C)c1C. The van der Waals surface area contributed by atoms with Gasteiger partial charge in [-0.1, -0.05) is 27.2 Å². The molecule has 0 aliphatic heterocycles. The first-order chi connectivity index (χ1) is 12.7. The van der Waals surface area contributed by atoms with Crippen LogP contribution in [0.3, 0.4) is 0 Å². The number of nitrogens with zero attached hydrogens (tertiary/aromatic N) is 2. The van der Waals surface area contributed by atoms with Gasteiger partial charge in [0.1, 0.15) is 0 Å². The van der Waals surface area contributed by atoms with Crippen molar-refractivity contribution in [1.82, 2.24) is 20.4 Å². The molecule has 152 valence electrons. The number of hydrogen-bond donors (Lipinski definition) is 2. The van der Waals surface area contributed by atoms with Gasteiger partial charge < -0.3 is 10.1 Å². The van der Waals surface area contributed by atoms with E-state index in [1.54, 1.807) is 0 Å². The molecule has 0 spiro atoms. The molecule has 0 aliphatic carbocycles. The van der Waals surface area contributed by atoms with Crippen LogP contribution in [0.4, 0.5) is 4.79 Å². The number of urea groups is 1. The molecule has 1 aromatic heterocycles. The van der Waals surface area contributed by atoms with Crippen LogP contribution in [0.2, 0.25) is 0 Å². The van der Waals surface area contributed by atoms with Crippen molar-refractivity contribution in [1.29, 1.82) is 0 Å². The van der Waals surface area contributed by atoms with E-state index in [4.69, 9.17) is 4.74 Å². The van der Waals surface area contributed by atoms with E-state index in [0.717, 1.165) is 36.3 Å². The first-order valence-corrected chi connectivity index (χ1v) is 9.50. The number of aromatic nitrogens is 2. The highest BCUT2D eigenvalue weighted by atomic mass is 16.5. The lowest BCUT2D eigenvalue weighted by molar-refractivity contribution is -0.148. The quantitative estimate of drug-likeness (QED) is 0.479. The summed E-state index contributed by atoms with van der Waals surface area (Å²) in [4.78, 5) is 35.0. The maximum Gasteiger partial charge on any atom is 0.321 e. The number of ether oxygens (including phenoxy) is 1. The van der Waals surface area contributed by atoms with Gasteiger partial charge in [-0.25, -0.2) is 4.79 Å². The largest absolute Gasteiger partial charge is 0.456 e. The summed E-state index contributed by atoms with van der Waals surface area (Å²) in [5.41, 5.74) is 2.99. The first-order valence-electron chi connectivity index (χ1n) is 9.50. The summed E-state index contributed by atoms with van der Waals surface area (Å²) < 4.78 is 6.91. The van der Waals surface area contributed by atoms with E-state index in [1.165, 1.54) is 0 Å². The first kappa shape index (κ1) is 22.7. The molecule has 0 aromatic carbocycles. The highest BCUT2D eigenvalue weighted by Crippen LogP contribution is 2.16. The topological polar surface area (TPSA) is 102 Å². The molecule has 2 N–H and O–H groups in total. The number of unbranched alkanes of at least 4 members (excludes halogenated alkanes) is 1. The van der Waals surface area contributed by atoms with Crippen LogP contribution in [0.5, 0.6) is 0 Å². The van der Waals surface area contributed by atoms with Crippen LogP contribution in [-0.4, -0.2) is 40.8 Å². The Morgan fingerprint density at radius 3 is 2.56 bits per heavy atom. The minimum absolute atomic E-state index is 0.158. The van der Waals surface area contributed by atoms with Crippen molar-refractivity contribution >= 4 is 17.9 Å². The van der Waals surface area contributed by atoms with Gasteiger partial charge in [-0.3, -0.25) is 19.6 Å².